The van der Waals surface area contributed by atoms with E-state index >= 15 is 0 Å². The zero-order valence-corrected chi connectivity index (χ0v) is 19.9. The minimum Gasteiger partial charge on any atom is -0.309 e. The summed E-state index contributed by atoms with van der Waals surface area (Å²) in [5.74, 6) is -0.204. The van der Waals surface area contributed by atoms with Crippen molar-refractivity contribution in [3.05, 3.63) is 102 Å². The van der Waals surface area contributed by atoms with Crippen molar-refractivity contribution in [2.24, 2.45) is 7.05 Å². The van der Waals surface area contributed by atoms with Crippen LogP contribution >= 0.6 is 0 Å². The largest absolute Gasteiger partial charge is 0.416 e. The van der Waals surface area contributed by atoms with Crippen molar-refractivity contribution in [3.8, 4) is 11.1 Å². The molecule has 0 aliphatic carbocycles. The van der Waals surface area contributed by atoms with Crippen LogP contribution in [0.5, 0.6) is 0 Å². The van der Waals surface area contributed by atoms with Crippen LogP contribution in [0.25, 0.3) is 11.1 Å². The van der Waals surface area contributed by atoms with Crippen LogP contribution in [0, 0.1) is 6.92 Å². The first-order valence-corrected chi connectivity index (χ1v) is 11.4. The number of alkyl halides is 3. The fourth-order valence-electron chi connectivity index (χ4n) is 3.78. The van der Waals surface area contributed by atoms with Gasteiger partial charge in [0, 0.05) is 37.1 Å². The van der Waals surface area contributed by atoms with Crippen LogP contribution in [0.3, 0.4) is 0 Å². The SMILES string of the molecule is Cc1ccc(CCN[C@H](C(=O)Nc2ccc(-c3cnn(C)c3)cn2)c2cccc(C(F)(F)F)c2)cc1. The molecule has 0 aliphatic rings. The van der Waals surface area contributed by atoms with E-state index in [1.54, 1.807) is 29.2 Å². The summed E-state index contributed by atoms with van der Waals surface area (Å²) in [7, 11) is 1.81. The third kappa shape index (κ3) is 6.37. The molecular weight excluding hydrogens is 467 g/mol. The van der Waals surface area contributed by atoms with Gasteiger partial charge in [0.25, 0.3) is 0 Å². The number of carbonyl (C=O) groups is 1. The summed E-state index contributed by atoms with van der Waals surface area (Å²) in [5, 5.41) is 9.97. The van der Waals surface area contributed by atoms with Crippen molar-refractivity contribution >= 4 is 11.7 Å². The van der Waals surface area contributed by atoms with Crippen LogP contribution in [-0.4, -0.2) is 27.2 Å². The van der Waals surface area contributed by atoms with E-state index in [1.807, 2.05) is 44.4 Å². The number of anilines is 1. The molecule has 0 unspecified atom stereocenters. The third-order valence-electron chi connectivity index (χ3n) is 5.75. The number of nitrogens with one attached hydrogen (secondary N) is 2. The van der Waals surface area contributed by atoms with Crippen LogP contribution < -0.4 is 10.6 Å². The first-order valence-electron chi connectivity index (χ1n) is 11.4. The highest BCUT2D eigenvalue weighted by molar-refractivity contribution is 5.95. The fraction of sp³-hybridized carbons (Fsp3) is 0.222. The highest BCUT2D eigenvalue weighted by Gasteiger charge is 2.32. The second kappa shape index (κ2) is 10.7. The van der Waals surface area contributed by atoms with E-state index in [1.165, 1.54) is 12.1 Å². The minimum atomic E-state index is -4.51. The van der Waals surface area contributed by atoms with Gasteiger partial charge < -0.3 is 10.6 Å². The highest BCUT2D eigenvalue weighted by atomic mass is 19.4. The molecule has 6 nitrogen and oxygen atoms in total. The molecule has 2 N–H and O–H groups in total. The molecule has 0 radical (unpaired) electrons. The van der Waals surface area contributed by atoms with Gasteiger partial charge in [-0.1, -0.05) is 42.0 Å². The van der Waals surface area contributed by atoms with E-state index in [-0.39, 0.29) is 5.56 Å². The van der Waals surface area contributed by atoms with E-state index in [2.05, 4.69) is 20.7 Å². The number of hydrogen-bond acceptors (Lipinski definition) is 4. The van der Waals surface area contributed by atoms with Gasteiger partial charge in [0.05, 0.1) is 11.8 Å². The Kier molecular flexibility index (Phi) is 7.49. The summed E-state index contributed by atoms with van der Waals surface area (Å²) in [5.41, 5.74) is 3.31. The van der Waals surface area contributed by atoms with Crippen LogP contribution in [0.4, 0.5) is 19.0 Å². The third-order valence-corrected chi connectivity index (χ3v) is 5.75. The second-order valence-electron chi connectivity index (χ2n) is 8.57. The quantitative estimate of drug-likeness (QED) is 0.349. The van der Waals surface area contributed by atoms with Crippen molar-refractivity contribution in [2.75, 3.05) is 11.9 Å². The molecule has 186 valence electrons. The lowest BCUT2D eigenvalue weighted by atomic mass is 10.0. The highest BCUT2D eigenvalue weighted by Crippen LogP contribution is 2.31. The lowest BCUT2D eigenvalue weighted by Gasteiger charge is -2.20. The Hall–Kier alpha value is -3.98. The Morgan fingerprint density at radius 1 is 1.03 bits per heavy atom. The molecule has 2 aromatic heterocycles. The number of carbonyl (C=O) groups excluding carboxylic acids is 1. The number of rotatable bonds is 8. The first kappa shape index (κ1) is 25.1. The van der Waals surface area contributed by atoms with Gasteiger partial charge in [-0.3, -0.25) is 9.48 Å². The standard InChI is InChI=1S/C27H26F3N5O/c1-18-6-8-19(9-7-18)12-13-31-25(20-4-3-5-23(14-20)27(28,29)30)26(36)34-24-11-10-21(15-32-24)22-16-33-35(2)17-22/h3-11,14-17,25,31H,12-13H2,1-2H3,(H,32,34,36)/t25-/m0/s1. The van der Waals surface area contributed by atoms with E-state index in [9.17, 15) is 18.0 Å². The van der Waals surface area contributed by atoms with Crippen molar-refractivity contribution in [1.82, 2.24) is 20.1 Å². The number of aromatic nitrogens is 3. The summed E-state index contributed by atoms with van der Waals surface area (Å²) in [4.78, 5) is 17.5. The molecular formula is C27H26F3N5O. The van der Waals surface area contributed by atoms with Gasteiger partial charge in [0.1, 0.15) is 11.9 Å². The fourth-order valence-corrected chi connectivity index (χ4v) is 3.78. The smallest absolute Gasteiger partial charge is 0.309 e. The Labute approximate surface area is 207 Å². The first-order chi connectivity index (χ1) is 17.2. The Morgan fingerprint density at radius 3 is 2.44 bits per heavy atom. The molecule has 1 atom stereocenters. The molecule has 1 amide bonds. The van der Waals surface area contributed by atoms with Crippen LogP contribution in [-0.2, 0) is 24.4 Å². The van der Waals surface area contributed by atoms with Gasteiger partial charge in [-0.25, -0.2) is 4.98 Å². The van der Waals surface area contributed by atoms with E-state index in [4.69, 9.17) is 0 Å². The molecule has 0 aliphatic heterocycles. The number of nitrogens with zero attached hydrogens (tertiary/aromatic N) is 3. The predicted molar refractivity (Wildman–Crippen MR) is 132 cm³/mol. The van der Waals surface area contributed by atoms with Gasteiger partial charge in [-0.05, 0) is 48.7 Å². The second-order valence-corrected chi connectivity index (χ2v) is 8.57. The number of pyridine rings is 1. The summed E-state index contributed by atoms with van der Waals surface area (Å²) < 4.78 is 41.7. The average molecular weight is 494 g/mol. The van der Waals surface area contributed by atoms with Crippen molar-refractivity contribution in [2.45, 2.75) is 25.6 Å². The molecule has 0 spiro atoms. The maximum Gasteiger partial charge on any atom is 0.416 e. The summed E-state index contributed by atoms with van der Waals surface area (Å²) in [6, 6.07) is 15.2. The molecule has 2 heterocycles. The Balaban J connectivity index is 1.51. The maximum absolute atomic E-state index is 13.3. The zero-order valence-electron chi connectivity index (χ0n) is 19.9. The Morgan fingerprint density at radius 2 is 1.81 bits per heavy atom. The van der Waals surface area contributed by atoms with Crippen molar-refractivity contribution < 1.29 is 18.0 Å². The molecule has 0 bridgehead atoms. The topological polar surface area (TPSA) is 71.8 Å². The van der Waals surface area contributed by atoms with Gasteiger partial charge in [-0.15, -0.1) is 0 Å². The van der Waals surface area contributed by atoms with E-state index < -0.39 is 23.7 Å². The summed E-state index contributed by atoms with van der Waals surface area (Å²) in [6.45, 7) is 2.39. The maximum atomic E-state index is 13.3. The van der Waals surface area contributed by atoms with Crippen LogP contribution in [0.2, 0.25) is 0 Å². The molecule has 2 aromatic carbocycles. The zero-order chi connectivity index (χ0) is 25.7. The predicted octanol–water partition coefficient (Wildman–Crippen LogP) is 5.32. The molecule has 4 rings (SSSR count). The number of amides is 1. The number of hydrogen-bond donors (Lipinski definition) is 2. The van der Waals surface area contributed by atoms with E-state index in [0.29, 0.717) is 18.8 Å². The number of halogens is 3. The average Bonchev–Trinajstić information content (AvgIpc) is 3.29. The number of benzene rings is 2. The van der Waals surface area contributed by atoms with Crippen LogP contribution in [0.15, 0.2) is 79.3 Å². The normalized spacial score (nSPS) is 12.4. The lowest BCUT2D eigenvalue weighted by molar-refractivity contribution is -0.137. The molecule has 9 heteroatoms. The van der Waals surface area contributed by atoms with Gasteiger partial charge >= 0.3 is 6.18 Å². The monoisotopic (exact) mass is 493 g/mol. The van der Waals surface area contributed by atoms with Gasteiger partial charge in [-0.2, -0.15) is 18.3 Å². The molecule has 0 saturated carbocycles. The van der Waals surface area contributed by atoms with E-state index in [0.717, 1.165) is 34.4 Å². The Bertz CT molecular complexity index is 1310. The van der Waals surface area contributed by atoms with Crippen molar-refractivity contribution in [1.29, 1.82) is 0 Å². The summed E-state index contributed by atoms with van der Waals surface area (Å²) >= 11 is 0. The van der Waals surface area contributed by atoms with Gasteiger partial charge in [0.2, 0.25) is 5.91 Å². The molecule has 4 aromatic rings. The lowest BCUT2D eigenvalue weighted by Crippen LogP contribution is -2.34. The minimum absolute atomic E-state index is 0.221. The van der Waals surface area contributed by atoms with Gasteiger partial charge in [0.15, 0.2) is 0 Å². The summed E-state index contributed by atoms with van der Waals surface area (Å²) in [6.07, 6.45) is 1.26. The molecule has 0 saturated heterocycles. The molecule has 0 fully saturated rings. The van der Waals surface area contributed by atoms with Crippen molar-refractivity contribution in [3.63, 3.8) is 0 Å². The number of aryl methyl sites for hydroxylation is 2. The molecule has 36 heavy (non-hydrogen) atoms. The van der Waals surface area contributed by atoms with Crippen LogP contribution in [0.1, 0.15) is 28.3 Å².